The van der Waals surface area contributed by atoms with Crippen molar-refractivity contribution in [3.05, 3.63) is 65.4 Å². The van der Waals surface area contributed by atoms with E-state index in [-0.39, 0.29) is 6.03 Å². The van der Waals surface area contributed by atoms with Gasteiger partial charge in [-0.2, -0.15) is 0 Å². The number of amides is 2. The molecular formula is C16H13ClN4O. The number of hydrogen-bond acceptors (Lipinski definition) is 3. The van der Waals surface area contributed by atoms with Gasteiger partial charge in [-0.15, -0.1) is 0 Å². The summed E-state index contributed by atoms with van der Waals surface area (Å²) < 4.78 is 0. The lowest BCUT2D eigenvalue weighted by molar-refractivity contribution is 0.251. The molecule has 6 heteroatoms. The highest BCUT2D eigenvalue weighted by Crippen LogP contribution is 2.15. The number of hydrogen-bond donors (Lipinski definition) is 2. The van der Waals surface area contributed by atoms with Crippen LogP contribution in [0.3, 0.4) is 0 Å². The average molecular weight is 313 g/mol. The predicted molar refractivity (Wildman–Crippen MR) is 86.8 cm³/mol. The first-order valence-electron chi connectivity index (χ1n) is 6.71. The van der Waals surface area contributed by atoms with Gasteiger partial charge in [0.2, 0.25) is 0 Å². The van der Waals surface area contributed by atoms with E-state index >= 15 is 0 Å². The second-order valence-corrected chi connectivity index (χ2v) is 5.13. The van der Waals surface area contributed by atoms with Gasteiger partial charge >= 0.3 is 6.03 Å². The Bertz CT molecular complexity index is 822. The number of fused-ring (bicyclic) bond motifs is 1. The van der Waals surface area contributed by atoms with Crippen LogP contribution in [-0.4, -0.2) is 16.0 Å². The molecule has 5 nitrogen and oxygen atoms in total. The fourth-order valence-electron chi connectivity index (χ4n) is 2.04. The Hall–Kier alpha value is -2.66. The lowest BCUT2D eigenvalue weighted by Gasteiger charge is -2.08. The van der Waals surface area contributed by atoms with Crippen molar-refractivity contribution in [2.75, 3.05) is 5.32 Å². The molecule has 2 aromatic carbocycles. The van der Waals surface area contributed by atoms with E-state index in [0.29, 0.717) is 17.3 Å². The number of carbonyl (C=O) groups excluding carboxylic acids is 1. The van der Waals surface area contributed by atoms with Crippen LogP contribution in [-0.2, 0) is 6.54 Å². The molecule has 3 rings (SSSR count). The van der Waals surface area contributed by atoms with E-state index in [1.54, 1.807) is 36.7 Å². The number of nitrogens with zero attached hydrogens (tertiary/aromatic N) is 2. The van der Waals surface area contributed by atoms with Gasteiger partial charge in [-0.25, -0.2) is 4.79 Å². The summed E-state index contributed by atoms with van der Waals surface area (Å²) in [5, 5.41) is 6.09. The SMILES string of the molecule is O=C(NCc1ccc2nccnc2c1)Nc1cccc(Cl)c1. The maximum atomic E-state index is 11.9. The van der Waals surface area contributed by atoms with Gasteiger partial charge < -0.3 is 10.6 Å². The Morgan fingerprint density at radius 2 is 1.86 bits per heavy atom. The molecule has 0 saturated heterocycles. The molecule has 1 heterocycles. The lowest BCUT2D eigenvalue weighted by Crippen LogP contribution is -2.28. The van der Waals surface area contributed by atoms with E-state index in [1.165, 1.54) is 0 Å². The molecule has 0 aliphatic rings. The van der Waals surface area contributed by atoms with Crippen LogP contribution in [0, 0.1) is 0 Å². The fraction of sp³-hybridized carbons (Fsp3) is 0.0625. The van der Waals surface area contributed by atoms with Crippen molar-refractivity contribution in [2.45, 2.75) is 6.54 Å². The van der Waals surface area contributed by atoms with E-state index in [4.69, 9.17) is 11.6 Å². The first kappa shape index (κ1) is 14.3. The van der Waals surface area contributed by atoms with Crippen molar-refractivity contribution >= 4 is 34.4 Å². The molecule has 0 aliphatic carbocycles. The summed E-state index contributed by atoms with van der Waals surface area (Å²) in [5.74, 6) is 0. The molecule has 0 atom stereocenters. The van der Waals surface area contributed by atoms with Gasteiger partial charge in [0.1, 0.15) is 0 Å². The number of rotatable bonds is 3. The summed E-state index contributed by atoms with van der Waals surface area (Å²) >= 11 is 5.87. The Morgan fingerprint density at radius 1 is 1.05 bits per heavy atom. The molecule has 0 saturated carbocycles. The van der Waals surface area contributed by atoms with Crippen molar-refractivity contribution in [2.24, 2.45) is 0 Å². The number of aromatic nitrogens is 2. The highest BCUT2D eigenvalue weighted by molar-refractivity contribution is 6.30. The molecule has 0 spiro atoms. The topological polar surface area (TPSA) is 66.9 Å². The molecule has 1 aromatic heterocycles. The van der Waals surface area contributed by atoms with E-state index < -0.39 is 0 Å². The molecule has 110 valence electrons. The molecule has 3 aromatic rings. The maximum Gasteiger partial charge on any atom is 0.319 e. The molecule has 0 fully saturated rings. The van der Waals surface area contributed by atoms with Crippen molar-refractivity contribution < 1.29 is 4.79 Å². The second-order valence-electron chi connectivity index (χ2n) is 4.70. The average Bonchev–Trinajstić information content (AvgIpc) is 2.53. The third-order valence-electron chi connectivity index (χ3n) is 3.07. The van der Waals surface area contributed by atoms with Crippen LogP contribution in [0.4, 0.5) is 10.5 Å². The lowest BCUT2D eigenvalue weighted by atomic mass is 10.2. The monoisotopic (exact) mass is 312 g/mol. The van der Waals surface area contributed by atoms with Crippen LogP contribution in [0.5, 0.6) is 0 Å². The Kier molecular flexibility index (Phi) is 4.16. The van der Waals surface area contributed by atoms with E-state index in [0.717, 1.165) is 16.6 Å². The third kappa shape index (κ3) is 3.51. The molecule has 0 unspecified atom stereocenters. The van der Waals surface area contributed by atoms with Crippen molar-refractivity contribution in [1.82, 2.24) is 15.3 Å². The van der Waals surface area contributed by atoms with Crippen molar-refractivity contribution in [1.29, 1.82) is 0 Å². The summed E-state index contributed by atoms with van der Waals surface area (Å²) in [6.07, 6.45) is 3.30. The molecule has 2 amide bonds. The maximum absolute atomic E-state index is 11.9. The zero-order chi connectivity index (χ0) is 15.4. The molecular weight excluding hydrogens is 300 g/mol. The molecule has 2 N–H and O–H groups in total. The van der Waals surface area contributed by atoms with E-state index in [2.05, 4.69) is 20.6 Å². The first-order valence-corrected chi connectivity index (χ1v) is 7.08. The van der Waals surface area contributed by atoms with Crippen LogP contribution in [0.2, 0.25) is 5.02 Å². The highest BCUT2D eigenvalue weighted by atomic mass is 35.5. The standard InChI is InChI=1S/C16H13ClN4O/c17-12-2-1-3-13(9-12)21-16(22)20-10-11-4-5-14-15(8-11)19-7-6-18-14/h1-9H,10H2,(H2,20,21,22). The Labute approximate surface area is 132 Å². The summed E-state index contributed by atoms with van der Waals surface area (Å²) in [7, 11) is 0. The van der Waals surface area contributed by atoms with Gasteiger partial charge in [0.05, 0.1) is 11.0 Å². The minimum Gasteiger partial charge on any atom is -0.334 e. The van der Waals surface area contributed by atoms with Crippen LogP contribution >= 0.6 is 11.6 Å². The molecule has 0 radical (unpaired) electrons. The van der Waals surface area contributed by atoms with Crippen LogP contribution in [0.1, 0.15) is 5.56 Å². The van der Waals surface area contributed by atoms with Gasteiger partial charge in [-0.05, 0) is 35.9 Å². The summed E-state index contributed by atoms with van der Waals surface area (Å²) in [5.41, 5.74) is 3.23. The molecule has 0 aliphatic heterocycles. The highest BCUT2D eigenvalue weighted by Gasteiger charge is 2.03. The van der Waals surface area contributed by atoms with Crippen LogP contribution in [0.25, 0.3) is 11.0 Å². The van der Waals surface area contributed by atoms with Crippen LogP contribution in [0.15, 0.2) is 54.9 Å². The zero-order valence-electron chi connectivity index (χ0n) is 11.6. The molecule has 22 heavy (non-hydrogen) atoms. The number of anilines is 1. The van der Waals surface area contributed by atoms with Gasteiger partial charge in [-0.1, -0.05) is 23.7 Å². The van der Waals surface area contributed by atoms with Crippen molar-refractivity contribution in [3.8, 4) is 0 Å². The third-order valence-corrected chi connectivity index (χ3v) is 3.30. The zero-order valence-corrected chi connectivity index (χ0v) is 12.3. The number of urea groups is 1. The van der Waals surface area contributed by atoms with E-state index in [1.807, 2.05) is 18.2 Å². The fourth-order valence-corrected chi connectivity index (χ4v) is 2.23. The summed E-state index contributed by atoms with van der Waals surface area (Å²) in [4.78, 5) is 20.3. The largest absolute Gasteiger partial charge is 0.334 e. The van der Waals surface area contributed by atoms with Crippen molar-refractivity contribution in [3.63, 3.8) is 0 Å². The van der Waals surface area contributed by atoms with E-state index in [9.17, 15) is 4.79 Å². The Balaban J connectivity index is 1.62. The number of halogens is 1. The normalized spacial score (nSPS) is 10.4. The quantitative estimate of drug-likeness (QED) is 0.776. The minimum atomic E-state index is -0.290. The minimum absolute atomic E-state index is 0.290. The molecule has 0 bridgehead atoms. The number of nitrogens with one attached hydrogen (secondary N) is 2. The smallest absolute Gasteiger partial charge is 0.319 e. The van der Waals surface area contributed by atoms with Gasteiger partial charge in [-0.3, -0.25) is 9.97 Å². The van der Waals surface area contributed by atoms with Crippen LogP contribution < -0.4 is 10.6 Å². The number of benzene rings is 2. The summed E-state index contributed by atoms with van der Waals surface area (Å²) in [6.45, 7) is 0.402. The Morgan fingerprint density at radius 3 is 2.68 bits per heavy atom. The van der Waals surface area contributed by atoms with Gasteiger partial charge in [0, 0.05) is 29.6 Å². The summed E-state index contributed by atoms with van der Waals surface area (Å²) in [6, 6.07) is 12.4. The number of carbonyl (C=O) groups is 1. The first-order chi connectivity index (χ1) is 10.7. The predicted octanol–water partition coefficient (Wildman–Crippen LogP) is 3.60. The van der Waals surface area contributed by atoms with Gasteiger partial charge in [0.15, 0.2) is 0 Å². The second kappa shape index (κ2) is 6.41. The van der Waals surface area contributed by atoms with Gasteiger partial charge in [0.25, 0.3) is 0 Å².